The first-order valence-corrected chi connectivity index (χ1v) is 24.8. The van der Waals surface area contributed by atoms with Crippen LogP contribution in [0.15, 0.2) is 182 Å². The molecule has 1 aliphatic carbocycles. The van der Waals surface area contributed by atoms with Gasteiger partial charge in [-0.15, -0.1) is 0 Å². The molecule has 3 aromatic heterocycles. The Balaban J connectivity index is 1.01. The summed E-state index contributed by atoms with van der Waals surface area (Å²) in [6, 6.07) is 68.0. The zero-order chi connectivity index (χ0) is 49.3. The molecular weight excluding hydrogens is 1020 g/mol. The van der Waals surface area contributed by atoms with E-state index in [1.165, 1.54) is 16.7 Å². The van der Waals surface area contributed by atoms with Crippen molar-refractivity contribution in [1.29, 1.82) is 0 Å². The molecular formula is C63H50N4OPt-2. The van der Waals surface area contributed by atoms with Gasteiger partial charge in [0.05, 0.1) is 0 Å². The second kappa shape index (κ2) is 17.3. The Morgan fingerprint density at radius 1 is 0.565 bits per heavy atom. The van der Waals surface area contributed by atoms with Crippen molar-refractivity contribution in [2.45, 2.75) is 58.7 Å². The van der Waals surface area contributed by atoms with Crippen LogP contribution in [0.2, 0.25) is 0 Å². The SMILES string of the molecule is [2H]C([2H])([2H])c1cc(-n2c3[c-]c(Oc4[c-]c(-n5[c](=[Pt])n(-c6c(-c7ccccc7)cc(C(C)(C)C)cc6-c6ccccc6)c6ccccc65)ccc4)ccc3c3cc4c(cc32)CCCC4)ncc1-c1ccccc1. The van der Waals surface area contributed by atoms with Crippen LogP contribution in [0.5, 0.6) is 11.5 Å². The van der Waals surface area contributed by atoms with Crippen LogP contribution >= 0.6 is 0 Å². The minimum absolute atomic E-state index is 0.0980. The average molecular weight is 1080 g/mol. The number of para-hydroxylation sites is 2. The fraction of sp³-hybridized carbons (Fsp3) is 0.143. The maximum absolute atomic E-state index is 8.66. The molecule has 6 heteroatoms. The van der Waals surface area contributed by atoms with E-state index in [-0.39, 0.29) is 11.0 Å². The van der Waals surface area contributed by atoms with Crippen LogP contribution in [0.4, 0.5) is 0 Å². The van der Waals surface area contributed by atoms with Gasteiger partial charge >= 0.3 is 320 Å². The van der Waals surface area contributed by atoms with Crippen LogP contribution in [0.25, 0.3) is 83.4 Å². The van der Waals surface area contributed by atoms with Crippen LogP contribution in [-0.2, 0) is 37.6 Å². The number of imidazole rings is 1. The second-order valence-electron chi connectivity index (χ2n) is 19.0. The summed E-state index contributed by atoms with van der Waals surface area (Å²) >= 11 is 2.48. The van der Waals surface area contributed by atoms with Crippen molar-refractivity contribution >= 4 is 32.8 Å². The van der Waals surface area contributed by atoms with E-state index in [2.05, 4.69) is 187 Å². The first-order chi connectivity index (χ1) is 34.9. The molecule has 12 rings (SSSR count). The van der Waals surface area contributed by atoms with E-state index in [0.717, 1.165) is 102 Å². The molecule has 0 N–H and O–H groups in total. The summed E-state index contributed by atoms with van der Waals surface area (Å²) in [5.74, 6) is 1.55. The molecule has 0 spiro atoms. The van der Waals surface area contributed by atoms with Gasteiger partial charge in [-0.3, -0.25) is 0 Å². The first-order valence-electron chi connectivity index (χ1n) is 25.2. The van der Waals surface area contributed by atoms with Gasteiger partial charge in [-0.1, -0.05) is 30.3 Å². The van der Waals surface area contributed by atoms with E-state index in [1.54, 1.807) is 12.3 Å². The summed E-state index contributed by atoms with van der Waals surface area (Å²) in [6.45, 7) is 4.45. The molecule has 3 heterocycles. The number of hydrogen-bond acceptors (Lipinski definition) is 2. The number of hydrogen-bond donors (Lipinski definition) is 0. The second-order valence-corrected chi connectivity index (χ2v) is 20.0. The van der Waals surface area contributed by atoms with Crippen molar-refractivity contribution in [2.75, 3.05) is 0 Å². The van der Waals surface area contributed by atoms with Crippen LogP contribution < -0.4 is 4.74 Å². The zero-order valence-corrected chi connectivity index (χ0v) is 40.9. The van der Waals surface area contributed by atoms with Gasteiger partial charge in [0.2, 0.25) is 0 Å². The summed E-state index contributed by atoms with van der Waals surface area (Å²) in [5, 5.41) is 2.07. The number of nitrogens with zero attached hydrogens (tertiary/aromatic N) is 4. The third-order valence-electron chi connectivity index (χ3n) is 13.6. The van der Waals surface area contributed by atoms with E-state index >= 15 is 0 Å². The molecule has 69 heavy (non-hydrogen) atoms. The van der Waals surface area contributed by atoms with E-state index in [4.69, 9.17) is 13.8 Å². The quantitative estimate of drug-likeness (QED) is 0.142. The third kappa shape index (κ3) is 7.70. The number of aryl methyl sites for hydroxylation is 3. The van der Waals surface area contributed by atoms with Gasteiger partial charge in [-0.2, -0.15) is 0 Å². The van der Waals surface area contributed by atoms with Crippen LogP contribution in [0.1, 0.15) is 60.0 Å². The minimum Gasteiger partial charge on any atom is -0.0622 e. The summed E-state index contributed by atoms with van der Waals surface area (Å²) in [5.41, 5.74) is 15.8. The molecule has 0 fully saturated rings. The van der Waals surface area contributed by atoms with Crippen molar-refractivity contribution in [2.24, 2.45) is 0 Å². The Morgan fingerprint density at radius 3 is 1.80 bits per heavy atom. The van der Waals surface area contributed by atoms with E-state index in [9.17, 15) is 0 Å². The Labute approximate surface area is 418 Å². The molecule has 0 bridgehead atoms. The molecule has 1 aliphatic rings. The molecule has 340 valence electrons. The average Bonchev–Trinajstić information content (AvgIpc) is 3.87. The normalized spacial score (nSPS) is 13.6. The molecule has 0 saturated heterocycles. The van der Waals surface area contributed by atoms with Crippen LogP contribution in [0.3, 0.4) is 0 Å². The van der Waals surface area contributed by atoms with Crippen molar-refractivity contribution in [1.82, 2.24) is 18.7 Å². The molecule has 0 atom stereocenters. The van der Waals surface area contributed by atoms with Gasteiger partial charge in [-0.25, -0.2) is 0 Å². The van der Waals surface area contributed by atoms with E-state index in [1.807, 2.05) is 48.5 Å². The fourth-order valence-electron chi connectivity index (χ4n) is 10.1. The first kappa shape index (κ1) is 39.6. The predicted molar refractivity (Wildman–Crippen MR) is 279 cm³/mol. The topological polar surface area (TPSA) is 36.9 Å². The minimum atomic E-state index is -2.38. The molecule has 0 aliphatic heterocycles. The van der Waals surface area contributed by atoms with Gasteiger partial charge in [0.1, 0.15) is 0 Å². The Bertz CT molecular complexity index is 3880. The Kier molecular flexibility index (Phi) is 9.95. The maximum atomic E-state index is 8.66. The van der Waals surface area contributed by atoms with Crippen LogP contribution in [0, 0.1) is 22.8 Å². The van der Waals surface area contributed by atoms with Crippen molar-refractivity contribution in [3.05, 3.63) is 220 Å². The monoisotopic (exact) mass is 1080 g/mol. The van der Waals surface area contributed by atoms with Crippen LogP contribution in [-0.4, -0.2) is 18.7 Å². The molecule has 0 saturated carbocycles. The van der Waals surface area contributed by atoms with Crippen molar-refractivity contribution < 1.29 is 28.2 Å². The summed E-state index contributed by atoms with van der Waals surface area (Å²) in [4.78, 5) is 5.00. The Hall–Kier alpha value is -7.33. The smallest absolute Gasteiger partial charge is 0.0622 e. The molecule has 0 amide bonds. The zero-order valence-electron chi connectivity index (χ0n) is 41.7. The van der Waals surface area contributed by atoms with Crippen molar-refractivity contribution in [3.8, 4) is 62.1 Å². The van der Waals surface area contributed by atoms with Gasteiger partial charge in [-0.05, 0) is 54.8 Å². The standard InChI is InChI=1S/C63H50N4O.Pt/c1-42-33-61(64-40-56(42)45-23-12-7-13-24-45)67-59-35-47-26-15-14-25-46(47)34-55(59)52-32-31-51(39-60(52)67)68-50-28-18-27-49(38-50)65-41-66(58-30-17-16-29-57(58)65)62-53(43-19-8-5-9-20-43)36-48(63(2,3)4)37-54(62)44-21-10-6-11-22-44;/h5-13,16-24,27-37,40H,14-15,25-26H2,1-4H3;/q-2;/i1D3;. The van der Waals surface area contributed by atoms with E-state index in [0.29, 0.717) is 22.9 Å². The number of aromatic nitrogens is 4. The number of rotatable bonds is 8. The predicted octanol–water partition coefficient (Wildman–Crippen LogP) is 15.9. The molecule has 8 aromatic carbocycles. The summed E-state index contributed by atoms with van der Waals surface area (Å²) in [6.07, 6.45) is 6.03. The number of fused-ring (bicyclic) bond motifs is 5. The van der Waals surface area contributed by atoms with Crippen molar-refractivity contribution in [3.63, 3.8) is 0 Å². The molecule has 5 nitrogen and oxygen atoms in total. The summed E-state index contributed by atoms with van der Waals surface area (Å²) in [7, 11) is 0. The fourth-order valence-corrected chi connectivity index (χ4v) is 11.2. The molecule has 0 radical (unpaired) electrons. The molecule has 0 unspecified atom stereocenters. The number of pyridine rings is 1. The third-order valence-corrected chi connectivity index (χ3v) is 14.6. The van der Waals surface area contributed by atoms with Gasteiger partial charge in [0, 0.05) is 15.9 Å². The molecule has 11 aromatic rings. The summed E-state index contributed by atoms with van der Waals surface area (Å²) < 4.78 is 40.4. The van der Waals surface area contributed by atoms with Gasteiger partial charge < -0.3 is 0 Å². The number of ether oxygens (including phenoxy) is 1. The Morgan fingerprint density at radius 2 is 1.16 bits per heavy atom. The number of benzene rings is 8. The van der Waals surface area contributed by atoms with Gasteiger partial charge in [0.25, 0.3) is 0 Å². The van der Waals surface area contributed by atoms with E-state index < -0.39 is 6.85 Å². The van der Waals surface area contributed by atoms with Gasteiger partial charge in [0.15, 0.2) is 0 Å².